The third-order valence-corrected chi connectivity index (χ3v) is 3.88. The smallest absolute Gasteiger partial charge is 0.125 e. The van der Waals surface area contributed by atoms with Crippen LogP contribution in [0.3, 0.4) is 0 Å². The van der Waals surface area contributed by atoms with E-state index in [4.69, 9.17) is 0 Å². The molecule has 1 aromatic heterocycles. The summed E-state index contributed by atoms with van der Waals surface area (Å²) < 4.78 is 26.4. The number of nitrogens with one attached hydrogen (secondary N) is 2. The molecular formula is C16H12F2N2. The van der Waals surface area contributed by atoms with E-state index in [1.165, 1.54) is 24.3 Å². The maximum atomic E-state index is 13.2. The molecule has 0 aliphatic carbocycles. The summed E-state index contributed by atoms with van der Waals surface area (Å²) in [6.07, 6.45) is 2.70. The van der Waals surface area contributed by atoms with Crippen LogP contribution in [0.15, 0.2) is 42.6 Å². The molecule has 1 atom stereocenters. The van der Waals surface area contributed by atoms with Gasteiger partial charge in [-0.3, -0.25) is 0 Å². The Kier molecular flexibility index (Phi) is 2.33. The van der Waals surface area contributed by atoms with Crippen LogP contribution in [0.25, 0.3) is 10.9 Å². The number of fused-ring (bicyclic) bond motifs is 2. The standard InChI is InChI=1S/C16H12F2N2/c17-10-2-1-9-5-16(20-14(9)6-10)13-8-19-15-7-11(18)3-4-12(13)15/h1-4,6-8,16,19-20H,5H2. The van der Waals surface area contributed by atoms with Crippen molar-refractivity contribution in [3.63, 3.8) is 0 Å². The molecule has 1 unspecified atom stereocenters. The molecule has 0 saturated carbocycles. The third-order valence-electron chi connectivity index (χ3n) is 3.88. The van der Waals surface area contributed by atoms with E-state index in [9.17, 15) is 8.78 Å². The summed E-state index contributed by atoms with van der Waals surface area (Å²) in [7, 11) is 0. The molecule has 4 rings (SSSR count). The molecule has 0 saturated heterocycles. The molecule has 100 valence electrons. The summed E-state index contributed by atoms with van der Waals surface area (Å²) in [5, 5.41) is 4.33. The van der Waals surface area contributed by atoms with Crippen LogP contribution >= 0.6 is 0 Å². The van der Waals surface area contributed by atoms with E-state index in [0.29, 0.717) is 0 Å². The molecule has 0 spiro atoms. The van der Waals surface area contributed by atoms with E-state index in [-0.39, 0.29) is 17.7 Å². The predicted octanol–water partition coefficient (Wildman–Crippen LogP) is 4.16. The van der Waals surface area contributed by atoms with Gasteiger partial charge in [0.2, 0.25) is 0 Å². The number of hydrogen-bond acceptors (Lipinski definition) is 1. The number of H-pyrrole nitrogens is 1. The van der Waals surface area contributed by atoms with Gasteiger partial charge in [0.1, 0.15) is 11.6 Å². The van der Waals surface area contributed by atoms with Crippen molar-refractivity contribution in [2.75, 3.05) is 5.32 Å². The average molecular weight is 270 g/mol. The molecule has 2 N–H and O–H groups in total. The zero-order valence-corrected chi connectivity index (χ0v) is 10.6. The Morgan fingerprint density at radius 1 is 1.00 bits per heavy atom. The molecule has 2 heterocycles. The number of halogens is 2. The fourth-order valence-corrected chi connectivity index (χ4v) is 2.92. The van der Waals surface area contributed by atoms with Crippen LogP contribution in [0.4, 0.5) is 14.5 Å². The Labute approximate surface area is 114 Å². The van der Waals surface area contributed by atoms with Gasteiger partial charge in [0.05, 0.1) is 6.04 Å². The Bertz CT molecular complexity index is 807. The van der Waals surface area contributed by atoms with Crippen LogP contribution in [0, 0.1) is 11.6 Å². The first kappa shape index (κ1) is 11.5. The second-order valence-corrected chi connectivity index (χ2v) is 5.14. The Morgan fingerprint density at radius 3 is 2.70 bits per heavy atom. The SMILES string of the molecule is Fc1ccc2c(c1)NC(c1c[nH]c3cc(F)ccc13)C2. The molecule has 0 bridgehead atoms. The highest BCUT2D eigenvalue weighted by molar-refractivity contribution is 5.84. The first-order valence-electron chi connectivity index (χ1n) is 6.52. The lowest BCUT2D eigenvalue weighted by molar-refractivity contribution is 0.628. The molecule has 4 heteroatoms. The van der Waals surface area contributed by atoms with E-state index in [2.05, 4.69) is 10.3 Å². The van der Waals surface area contributed by atoms with Gasteiger partial charge < -0.3 is 10.3 Å². The molecule has 3 aromatic rings. The number of anilines is 1. The molecule has 1 aliphatic rings. The lowest BCUT2D eigenvalue weighted by Gasteiger charge is -2.10. The van der Waals surface area contributed by atoms with Gasteiger partial charge >= 0.3 is 0 Å². The van der Waals surface area contributed by atoms with E-state index >= 15 is 0 Å². The van der Waals surface area contributed by atoms with E-state index in [1.54, 1.807) is 6.07 Å². The summed E-state index contributed by atoms with van der Waals surface area (Å²) in [5.41, 5.74) is 3.81. The van der Waals surface area contributed by atoms with Crippen molar-refractivity contribution < 1.29 is 8.78 Å². The van der Waals surface area contributed by atoms with E-state index in [1.807, 2.05) is 12.3 Å². The normalized spacial score (nSPS) is 17.2. The summed E-state index contributed by atoms with van der Waals surface area (Å²) in [4.78, 5) is 3.09. The van der Waals surface area contributed by atoms with Gasteiger partial charge in [-0.2, -0.15) is 0 Å². The highest BCUT2D eigenvalue weighted by Crippen LogP contribution is 2.37. The molecule has 2 nitrogen and oxygen atoms in total. The van der Waals surface area contributed by atoms with Gasteiger partial charge in [0.25, 0.3) is 0 Å². The number of aromatic amines is 1. The van der Waals surface area contributed by atoms with Crippen LogP contribution in [0.2, 0.25) is 0 Å². The van der Waals surface area contributed by atoms with E-state index < -0.39 is 0 Å². The lowest BCUT2D eigenvalue weighted by Crippen LogP contribution is -2.04. The van der Waals surface area contributed by atoms with Gasteiger partial charge in [0.15, 0.2) is 0 Å². The van der Waals surface area contributed by atoms with Crippen molar-refractivity contribution in [2.45, 2.75) is 12.5 Å². The van der Waals surface area contributed by atoms with E-state index in [0.717, 1.165) is 34.1 Å². The average Bonchev–Trinajstić information content (AvgIpc) is 3.00. The number of aromatic nitrogens is 1. The van der Waals surface area contributed by atoms with Crippen molar-refractivity contribution >= 4 is 16.6 Å². The van der Waals surface area contributed by atoms with Gasteiger partial charge in [-0.1, -0.05) is 6.07 Å². The summed E-state index contributed by atoms with van der Waals surface area (Å²) in [5.74, 6) is -0.492. The zero-order valence-electron chi connectivity index (χ0n) is 10.6. The minimum atomic E-state index is -0.254. The van der Waals surface area contributed by atoms with Gasteiger partial charge in [0, 0.05) is 22.8 Å². The highest BCUT2D eigenvalue weighted by atomic mass is 19.1. The monoisotopic (exact) mass is 270 g/mol. The largest absolute Gasteiger partial charge is 0.378 e. The third kappa shape index (κ3) is 1.68. The number of rotatable bonds is 1. The molecule has 0 amide bonds. The van der Waals surface area contributed by atoms with Crippen LogP contribution in [-0.4, -0.2) is 4.98 Å². The zero-order chi connectivity index (χ0) is 13.7. The number of benzene rings is 2. The number of hydrogen-bond donors (Lipinski definition) is 2. The summed E-state index contributed by atoms with van der Waals surface area (Å²) in [6, 6.07) is 9.62. The van der Waals surface area contributed by atoms with Crippen LogP contribution < -0.4 is 5.32 Å². The molecule has 20 heavy (non-hydrogen) atoms. The predicted molar refractivity (Wildman–Crippen MR) is 74.7 cm³/mol. The van der Waals surface area contributed by atoms with Crippen molar-refractivity contribution in [3.8, 4) is 0 Å². The topological polar surface area (TPSA) is 27.8 Å². The molecule has 0 radical (unpaired) electrons. The summed E-state index contributed by atoms with van der Waals surface area (Å²) in [6.45, 7) is 0. The van der Waals surface area contributed by atoms with Gasteiger partial charge in [-0.05, 0) is 47.9 Å². The van der Waals surface area contributed by atoms with Gasteiger partial charge in [-0.15, -0.1) is 0 Å². The second kappa shape index (κ2) is 4.07. The summed E-state index contributed by atoms with van der Waals surface area (Å²) >= 11 is 0. The van der Waals surface area contributed by atoms with Gasteiger partial charge in [-0.25, -0.2) is 8.78 Å². The van der Waals surface area contributed by atoms with Crippen LogP contribution in [0.1, 0.15) is 17.2 Å². The Balaban J connectivity index is 1.75. The molecule has 2 aromatic carbocycles. The second-order valence-electron chi connectivity index (χ2n) is 5.14. The van der Waals surface area contributed by atoms with Crippen molar-refractivity contribution in [1.29, 1.82) is 0 Å². The maximum absolute atomic E-state index is 13.2. The first-order chi connectivity index (χ1) is 9.70. The Hall–Kier alpha value is -2.36. The van der Waals surface area contributed by atoms with Crippen molar-refractivity contribution in [3.05, 3.63) is 65.4 Å². The maximum Gasteiger partial charge on any atom is 0.125 e. The fourth-order valence-electron chi connectivity index (χ4n) is 2.92. The Morgan fingerprint density at radius 2 is 1.80 bits per heavy atom. The first-order valence-corrected chi connectivity index (χ1v) is 6.52. The minimum absolute atomic E-state index is 0.0889. The molecule has 0 fully saturated rings. The lowest BCUT2D eigenvalue weighted by atomic mass is 10.0. The quantitative estimate of drug-likeness (QED) is 0.683. The van der Waals surface area contributed by atoms with Crippen LogP contribution in [-0.2, 0) is 6.42 Å². The molecular weight excluding hydrogens is 258 g/mol. The van der Waals surface area contributed by atoms with Crippen LogP contribution in [0.5, 0.6) is 0 Å². The van der Waals surface area contributed by atoms with Crippen molar-refractivity contribution in [2.24, 2.45) is 0 Å². The highest BCUT2D eigenvalue weighted by Gasteiger charge is 2.24. The molecule has 1 aliphatic heterocycles. The van der Waals surface area contributed by atoms with Crippen molar-refractivity contribution in [1.82, 2.24) is 4.98 Å². The fraction of sp³-hybridized carbons (Fsp3) is 0.125. The minimum Gasteiger partial charge on any atom is -0.378 e.